The Morgan fingerprint density at radius 1 is 0.930 bits per heavy atom. The second-order valence-electron chi connectivity index (χ2n) is 10.9. The highest BCUT2D eigenvalue weighted by Crippen LogP contribution is 2.39. The fourth-order valence-corrected chi connectivity index (χ4v) is 5.51. The zero-order valence-electron chi connectivity index (χ0n) is 24.7. The Hall–Kier alpha value is -3.71. The first-order valence-electron chi connectivity index (χ1n) is 14.2. The molecule has 2 aliphatic rings. The van der Waals surface area contributed by atoms with Gasteiger partial charge in [0, 0.05) is 37.3 Å². The van der Waals surface area contributed by atoms with Crippen LogP contribution in [0.15, 0.2) is 42.5 Å². The lowest BCUT2D eigenvalue weighted by Gasteiger charge is -2.32. The van der Waals surface area contributed by atoms with Crippen molar-refractivity contribution >= 4 is 17.9 Å². The van der Waals surface area contributed by atoms with Crippen LogP contribution in [0.5, 0.6) is 11.5 Å². The van der Waals surface area contributed by atoms with E-state index in [0.717, 1.165) is 50.9 Å². The van der Waals surface area contributed by atoms with Gasteiger partial charge in [-0.3, -0.25) is 14.5 Å². The molecule has 1 saturated heterocycles. The maximum Gasteiger partial charge on any atom is 0.336 e. The minimum absolute atomic E-state index is 0.0522. The molecule has 0 bridgehead atoms. The second-order valence-corrected chi connectivity index (χ2v) is 10.9. The smallest absolute Gasteiger partial charge is 0.336 e. The number of carbonyl (C=O) groups is 3. The Labute approximate surface area is 251 Å². The van der Waals surface area contributed by atoms with Gasteiger partial charge in [0.25, 0.3) is 0 Å². The van der Waals surface area contributed by atoms with Crippen LogP contribution in [0.1, 0.15) is 55.2 Å². The van der Waals surface area contributed by atoms with Crippen molar-refractivity contribution in [1.82, 2.24) is 10.2 Å². The van der Waals surface area contributed by atoms with E-state index >= 15 is 0 Å². The van der Waals surface area contributed by atoms with Crippen LogP contribution in [0.4, 0.5) is 0 Å². The zero-order chi connectivity index (χ0) is 31.5. The van der Waals surface area contributed by atoms with Gasteiger partial charge in [0.15, 0.2) is 5.60 Å². The Balaban J connectivity index is 0.000000331. The van der Waals surface area contributed by atoms with Gasteiger partial charge in [-0.1, -0.05) is 31.0 Å². The molecule has 2 fully saturated rings. The van der Waals surface area contributed by atoms with Crippen LogP contribution in [0.3, 0.4) is 0 Å². The number of methoxy groups -OCH3 is 2. The van der Waals surface area contributed by atoms with Crippen molar-refractivity contribution < 1.29 is 49.0 Å². The number of benzene rings is 2. The Bertz CT molecular complexity index is 1210. The number of nitrogens with zero attached hydrogens (tertiary/aromatic N) is 1. The maximum atomic E-state index is 10.3. The number of rotatable bonds is 13. The van der Waals surface area contributed by atoms with Gasteiger partial charge in [0.05, 0.1) is 40.3 Å². The molecular formula is C31H42N2O10. The van der Waals surface area contributed by atoms with Crippen molar-refractivity contribution in [2.45, 2.75) is 62.8 Å². The van der Waals surface area contributed by atoms with Gasteiger partial charge < -0.3 is 40.0 Å². The number of aliphatic hydroxyl groups is 1. The summed E-state index contributed by atoms with van der Waals surface area (Å²) in [7, 11) is 3.48. The molecular weight excluding hydrogens is 560 g/mol. The maximum absolute atomic E-state index is 10.3. The highest BCUT2D eigenvalue weighted by atomic mass is 16.5. The molecule has 0 unspecified atom stereocenters. The van der Waals surface area contributed by atoms with Crippen LogP contribution in [0.2, 0.25) is 0 Å². The molecule has 0 radical (unpaired) electrons. The second kappa shape index (κ2) is 15.7. The van der Waals surface area contributed by atoms with Gasteiger partial charge in [-0.15, -0.1) is 0 Å². The van der Waals surface area contributed by atoms with E-state index in [1.807, 2.05) is 0 Å². The molecule has 0 aromatic heterocycles. The third kappa shape index (κ3) is 9.65. The fourth-order valence-electron chi connectivity index (χ4n) is 5.51. The van der Waals surface area contributed by atoms with Crippen molar-refractivity contribution in [3.8, 4) is 11.5 Å². The first kappa shape index (κ1) is 33.8. The highest BCUT2D eigenvalue weighted by molar-refractivity contribution is 5.88. The quantitative estimate of drug-likeness (QED) is 0.227. The van der Waals surface area contributed by atoms with Gasteiger partial charge in [-0.05, 0) is 48.2 Å². The van der Waals surface area contributed by atoms with E-state index in [4.69, 9.17) is 34.6 Å². The van der Waals surface area contributed by atoms with E-state index in [1.165, 1.54) is 42.4 Å². The van der Waals surface area contributed by atoms with Crippen molar-refractivity contribution in [1.29, 1.82) is 0 Å². The minimum Gasteiger partial charge on any atom is -0.497 e. The van der Waals surface area contributed by atoms with Crippen LogP contribution in [-0.2, 0) is 37.7 Å². The molecule has 236 valence electrons. The molecule has 43 heavy (non-hydrogen) atoms. The molecule has 1 heterocycles. The number of ether oxygens (including phenoxy) is 3. The average Bonchev–Trinajstić information content (AvgIpc) is 3.46. The SMILES string of the molecule is COc1ccc(C2(NCc3ccc(OC)c(CN4CCOCC4)c3)CCCC2)cc1.O=C(O)CC(O)(CC(=O)O)C(=O)O. The normalized spacial score (nSPS) is 16.5. The monoisotopic (exact) mass is 602 g/mol. The molecule has 12 heteroatoms. The largest absolute Gasteiger partial charge is 0.497 e. The standard InChI is InChI=1S/C25H34N2O3.C6H8O7/c1-28-23-8-6-22(7-9-23)25(11-3-4-12-25)26-18-20-5-10-24(29-2)21(17-20)19-27-13-15-30-16-14-27;7-3(8)1-6(13,5(11)12)2-4(9)10/h5-10,17,26H,3-4,11-16,18-19H2,1-2H3;13H,1-2H2,(H,7,8)(H,9,10)(H,11,12). The van der Waals surface area contributed by atoms with Crippen molar-refractivity contribution in [2.24, 2.45) is 0 Å². The summed E-state index contributed by atoms with van der Waals surface area (Å²) in [4.78, 5) is 32.9. The van der Waals surface area contributed by atoms with Crippen LogP contribution < -0.4 is 14.8 Å². The molecule has 5 N–H and O–H groups in total. The summed E-state index contributed by atoms with van der Waals surface area (Å²) in [6.45, 7) is 5.34. The molecule has 0 spiro atoms. The minimum atomic E-state index is -2.74. The Kier molecular flexibility index (Phi) is 12.3. The molecule has 2 aromatic rings. The van der Waals surface area contributed by atoms with Gasteiger partial charge in [-0.2, -0.15) is 0 Å². The van der Waals surface area contributed by atoms with Gasteiger partial charge in [0.2, 0.25) is 0 Å². The number of carboxylic acids is 3. The third-order valence-corrected chi connectivity index (χ3v) is 7.86. The van der Waals surface area contributed by atoms with Gasteiger partial charge in [-0.25, -0.2) is 4.79 Å². The van der Waals surface area contributed by atoms with E-state index in [0.29, 0.717) is 0 Å². The van der Waals surface area contributed by atoms with Crippen molar-refractivity contribution in [3.63, 3.8) is 0 Å². The van der Waals surface area contributed by atoms with E-state index in [-0.39, 0.29) is 5.54 Å². The zero-order valence-corrected chi connectivity index (χ0v) is 24.7. The lowest BCUT2D eigenvalue weighted by molar-refractivity contribution is -0.170. The summed E-state index contributed by atoms with van der Waals surface area (Å²) in [6.07, 6.45) is 2.60. The summed E-state index contributed by atoms with van der Waals surface area (Å²) < 4.78 is 16.5. The average molecular weight is 603 g/mol. The lowest BCUT2D eigenvalue weighted by atomic mass is 9.87. The summed E-state index contributed by atoms with van der Waals surface area (Å²) in [5.41, 5.74) is 1.24. The van der Waals surface area contributed by atoms with Gasteiger partial charge in [0.1, 0.15) is 11.5 Å². The highest BCUT2D eigenvalue weighted by Gasteiger charge is 2.41. The molecule has 1 aliphatic carbocycles. The van der Waals surface area contributed by atoms with Crippen LogP contribution in [-0.4, -0.2) is 89.4 Å². The molecule has 12 nitrogen and oxygen atoms in total. The first-order chi connectivity index (χ1) is 20.5. The predicted octanol–water partition coefficient (Wildman–Crippen LogP) is 2.85. The predicted molar refractivity (Wildman–Crippen MR) is 156 cm³/mol. The summed E-state index contributed by atoms with van der Waals surface area (Å²) in [5, 5.41) is 37.7. The Morgan fingerprint density at radius 2 is 1.53 bits per heavy atom. The summed E-state index contributed by atoms with van der Waals surface area (Å²) in [5.74, 6) is -3.14. The lowest BCUT2D eigenvalue weighted by Crippen LogP contribution is -2.42. The van der Waals surface area contributed by atoms with Crippen molar-refractivity contribution in [3.05, 3.63) is 59.2 Å². The molecule has 1 aliphatic heterocycles. The van der Waals surface area contributed by atoms with E-state index < -0.39 is 36.4 Å². The number of hydrogen-bond acceptors (Lipinski definition) is 9. The molecule has 0 amide bonds. The number of carboxylic acid groups (broad SMARTS) is 3. The summed E-state index contributed by atoms with van der Waals surface area (Å²) in [6, 6.07) is 15.2. The van der Waals surface area contributed by atoms with Crippen LogP contribution in [0, 0.1) is 0 Å². The van der Waals surface area contributed by atoms with Crippen LogP contribution >= 0.6 is 0 Å². The third-order valence-electron chi connectivity index (χ3n) is 7.86. The van der Waals surface area contributed by atoms with E-state index in [2.05, 4.69) is 52.7 Å². The van der Waals surface area contributed by atoms with Crippen molar-refractivity contribution in [2.75, 3.05) is 40.5 Å². The summed E-state index contributed by atoms with van der Waals surface area (Å²) >= 11 is 0. The van der Waals surface area contributed by atoms with Gasteiger partial charge >= 0.3 is 17.9 Å². The molecule has 4 rings (SSSR count). The number of morpholine rings is 1. The number of nitrogens with one attached hydrogen (secondary N) is 1. The Morgan fingerprint density at radius 3 is 2.05 bits per heavy atom. The van der Waals surface area contributed by atoms with Crippen LogP contribution in [0.25, 0.3) is 0 Å². The molecule has 0 atom stereocenters. The molecule has 2 aromatic carbocycles. The fraction of sp³-hybridized carbons (Fsp3) is 0.516. The number of aliphatic carboxylic acids is 3. The number of hydrogen-bond donors (Lipinski definition) is 5. The topological polar surface area (TPSA) is 175 Å². The van der Waals surface area contributed by atoms with E-state index in [1.54, 1.807) is 14.2 Å². The first-order valence-corrected chi connectivity index (χ1v) is 14.2. The van der Waals surface area contributed by atoms with E-state index in [9.17, 15) is 14.4 Å². The molecule has 1 saturated carbocycles.